The molecule has 7 nitrogen and oxygen atoms in total. The Balaban J connectivity index is -0.0000000678. The van der Waals surface area contributed by atoms with E-state index in [0.29, 0.717) is 0 Å². The second kappa shape index (κ2) is 27.8. The molecular weight excluding hydrogens is 483 g/mol. The first-order valence-corrected chi connectivity index (χ1v) is 12.4. The summed E-state index contributed by atoms with van der Waals surface area (Å²) in [4.78, 5) is 21.8. The molecule has 166 valence electrons. The fourth-order valence-electron chi connectivity index (χ4n) is 2.41. The molecule has 0 aliphatic carbocycles. The van der Waals surface area contributed by atoms with Crippen molar-refractivity contribution < 1.29 is 156 Å². The molecule has 0 unspecified atom stereocenters. The van der Waals surface area contributed by atoms with E-state index in [4.69, 9.17) is 23.4 Å². The smallest absolute Gasteiger partial charge is 1.00 e. The summed E-state index contributed by atoms with van der Waals surface area (Å²) in [5.41, 5.74) is 0. The van der Waals surface area contributed by atoms with E-state index in [1.165, 1.54) is 51.4 Å². The predicted octanol–water partition coefficient (Wildman–Crippen LogP) is -7.15. The summed E-state index contributed by atoms with van der Waals surface area (Å²) in [6, 6.07) is 8.33. The Morgan fingerprint density at radius 2 is 1.13 bits per heavy atom. The van der Waals surface area contributed by atoms with Crippen molar-refractivity contribution >= 4 is 17.9 Å². The van der Waals surface area contributed by atoms with Crippen LogP contribution in [0.25, 0.3) is 0 Å². The molecule has 0 saturated carbocycles. The van der Waals surface area contributed by atoms with E-state index in [2.05, 4.69) is 6.92 Å². The number of hydrogen-bond acceptors (Lipinski definition) is 4. The zero-order valence-electron chi connectivity index (χ0n) is 24.0. The molecule has 3 N–H and O–H groups in total. The van der Waals surface area contributed by atoms with Crippen molar-refractivity contribution in [2.24, 2.45) is 0 Å². The molecule has 0 fully saturated rings. The fraction of sp³-hybridized carbons (Fsp3) is 0.667. The Labute approximate surface area is 282 Å². The van der Waals surface area contributed by atoms with E-state index >= 15 is 0 Å². The van der Waals surface area contributed by atoms with Crippen LogP contribution in [0.3, 0.4) is 0 Å². The van der Waals surface area contributed by atoms with Crippen LogP contribution in [0.4, 0.5) is 0 Å². The van der Waals surface area contributed by atoms with Crippen LogP contribution in [0.1, 0.15) is 76.8 Å². The van der Waals surface area contributed by atoms with Crippen molar-refractivity contribution in [3.05, 3.63) is 30.3 Å². The van der Waals surface area contributed by atoms with Crippen molar-refractivity contribution in [2.75, 3.05) is 6.61 Å². The molecule has 0 aromatic heterocycles. The van der Waals surface area contributed by atoms with Crippen LogP contribution in [0.2, 0.25) is 0 Å². The molecule has 0 atom stereocenters. The molecule has 0 amide bonds. The van der Waals surface area contributed by atoms with E-state index in [1.54, 1.807) is 30.3 Å². The summed E-state index contributed by atoms with van der Waals surface area (Å²) in [5, 5.41) is 0. The molecule has 0 spiro atoms. The second-order valence-corrected chi connectivity index (χ2v) is 8.93. The zero-order chi connectivity index (χ0) is 20.6. The minimum Gasteiger partial charge on any atom is -1.00 e. The second-order valence-electron chi connectivity index (χ2n) is 6.28. The van der Waals surface area contributed by atoms with Gasteiger partial charge in [0.25, 0.3) is 10.1 Å². The Morgan fingerprint density at radius 3 is 1.52 bits per heavy atom. The fourth-order valence-corrected chi connectivity index (χ4v) is 3.38. The van der Waals surface area contributed by atoms with Crippen LogP contribution in [-0.4, -0.2) is 29.7 Å². The Hall–Kier alpha value is 3.24. The topological polar surface area (TPSA) is 121 Å². The number of unbranched alkanes of at least 4 members (excludes halogenated alkanes) is 9. The zero-order valence-corrected chi connectivity index (χ0v) is 29.7. The van der Waals surface area contributed by atoms with Crippen LogP contribution in [0.15, 0.2) is 35.2 Å². The van der Waals surface area contributed by atoms with Crippen molar-refractivity contribution in [3.63, 3.8) is 0 Å². The predicted molar refractivity (Wildman–Crippen MR) is 110 cm³/mol. The Bertz CT molecular complexity index is 641. The van der Waals surface area contributed by atoms with Gasteiger partial charge in [-0.15, -0.1) is 0 Å². The van der Waals surface area contributed by atoms with Gasteiger partial charge in [0.15, 0.2) is 0 Å². The van der Waals surface area contributed by atoms with E-state index < -0.39 is 17.9 Å². The largest absolute Gasteiger partial charge is 1.00 e. The van der Waals surface area contributed by atoms with Crippen LogP contribution in [-0.2, 0) is 18.9 Å². The molecule has 0 radical (unpaired) electrons. The molecule has 1 aromatic carbocycles. The molecule has 0 bridgehead atoms. The summed E-state index contributed by atoms with van der Waals surface area (Å²) in [5.74, 6) is 0. The van der Waals surface area contributed by atoms with Gasteiger partial charge >= 0.3 is 126 Å². The van der Waals surface area contributed by atoms with Gasteiger partial charge in [-0.3, -0.25) is 4.18 Å². The first-order chi connectivity index (χ1) is 12.7. The molecule has 0 heterocycles. The molecule has 0 aliphatic rings. The normalized spacial score (nSPS) is 10.2. The minimum atomic E-state index is -4.64. The molecule has 13 heteroatoms. The van der Waals surface area contributed by atoms with Gasteiger partial charge in [0.1, 0.15) is 0 Å². The number of hydrogen-bond donors (Lipinski definition) is 3. The van der Waals surface area contributed by atoms with Gasteiger partial charge in [-0.2, -0.15) is 8.42 Å². The van der Waals surface area contributed by atoms with Crippen molar-refractivity contribution in [1.29, 1.82) is 0 Å². The summed E-state index contributed by atoms with van der Waals surface area (Å²) >= 11 is 0. The standard InChI is InChI=1S/C18H30O3S.4Na.H3O4P.4H/c1-2-3-4-5-6-7-8-9-10-14-17-21-22(19,20)18-15-12-11-13-16-18;;;;;1-5(2,3)4;;;;/h11-13,15-16H,2-10,14,17H2,1H3;;;;;(H3,1,2,3,4);;;;/q;4*+1;;4*-1. The van der Waals surface area contributed by atoms with Gasteiger partial charge in [0, 0.05) is 0 Å². The SMILES string of the molecule is CCCCCCCCCCCCOS(=O)(=O)c1ccccc1.O=P(O)(O)O.[H-].[H-].[H-].[H-].[Na+].[Na+].[Na+].[Na+]. The monoisotopic (exact) mass is 520 g/mol. The average Bonchev–Trinajstić information content (AvgIpc) is 2.59. The van der Waals surface area contributed by atoms with E-state index in [9.17, 15) is 8.42 Å². The van der Waals surface area contributed by atoms with Gasteiger partial charge in [-0.05, 0) is 18.6 Å². The van der Waals surface area contributed by atoms with Gasteiger partial charge in [0.05, 0.1) is 11.5 Å². The van der Waals surface area contributed by atoms with Gasteiger partial charge in [-0.1, -0.05) is 82.9 Å². The summed E-state index contributed by atoms with van der Waals surface area (Å²) in [6.07, 6.45) is 12.3. The maximum atomic E-state index is 11.9. The summed E-state index contributed by atoms with van der Waals surface area (Å²) in [7, 11) is -8.21. The first kappa shape index (κ1) is 44.2. The van der Waals surface area contributed by atoms with E-state index in [0.717, 1.165) is 12.8 Å². The number of benzene rings is 1. The first-order valence-electron chi connectivity index (χ1n) is 9.39. The van der Waals surface area contributed by atoms with E-state index in [1.807, 2.05) is 0 Å². The Kier molecular flexibility index (Phi) is 39.7. The van der Waals surface area contributed by atoms with Gasteiger partial charge < -0.3 is 20.4 Å². The maximum Gasteiger partial charge on any atom is 1.00 e. The van der Waals surface area contributed by atoms with Crippen molar-refractivity contribution in [2.45, 2.75) is 76.0 Å². The molecular formula is C18H37Na4O7PS. The van der Waals surface area contributed by atoms with Gasteiger partial charge in [0.2, 0.25) is 0 Å². The van der Waals surface area contributed by atoms with E-state index in [-0.39, 0.29) is 135 Å². The minimum absolute atomic E-state index is 0. The molecule has 0 aliphatic heterocycles. The average molecular weight is 520 g/mol. The van der Waals surface area contributed by atoms with Crippen LogP contribution in [0, 0.1) is 0 Å². The third-order valence-corrected chi connectivity index (χ3v) is 5.09. The third-order valence-electron chi connectivity index (χ3n) is 3.77. The third kappa shape index (κ3) is 33.2. The molecule has 31 heavy (non-hydrogen) atoms. The van der Waals surface area contributed by atoms with Crippen LogP contribution >= 0.6 is 7.82 Å². The Morgan fingerprint density at radius 1 is 0.774 bits per heavy atom. The maximum absolute atomic E-state index is 11.9. The molecule has 0 saturated heterocycles. The van der Waals surface area contributed by atoms with Crippen molar-refractivity contribution in [1.82, 2.24) is 0 Å². The summed E-state index contributed by atoms with van der Waals surface area (Å²) in [6.45, 7) is 2.52. The number of rotatable bonds is 13. The molecule has 1 aromatic rings. The van der Waals surface area contributed by atoms with Gasteiger partial charge in [-0.25, -0.2) is 4.57 Å². The molecule has 1 rings (SSSR count). The van der Waals surface area contributed by atoms with Crippen molar-refractivity contribution in [3.8, 4) is 0 Å². The van der Waals surface area contributed by atoms with Crippen LogP contribution in [0.5, 0.6) is 0 Å². The number of phosphoric acid groups is 1. The summed E-state index contributed by atoms with van der Waals surface area (Å²) < 4.78 is 37.7. The van der Waals surface area contributed by atoms with Crippen LogP contribution < -0.4 is 118 Å². The quantitative estimate of drug-likeness (QED) is 0.102.